The van der Waals surface area contributed by atoms with E-state index in [1.54, 1.807) is 54.6 Å². The predicted octanol–water partition coefficient (Wildman–Crippen LogP) is 18.8. The van der Waals surface area contributed by atoms with Gasteiger partial charge in [-0.2, -0.15) is 0 Å². The highest BCUT2D eigenvalue weighted by Gasteiger charge is 2.72. The normalized spacial score (nSPS) is 13.5. The van der Waals surface area contributed by atoms with Crippen molar-refractivity contribution in [3.05, 3.63) is 144 Å². The highest BCUT2D eigenvalue weighted by molar-refractivity contribution is 6.29. The maximum absolute atomic E-state index is 16.0. The Kier molecular flexibility index (Phi) is 43.4. The zero-order chi connectivity index (χ0) is 65.2. The summed E-state index contributed by atoms with van der Waals surface area (Å²) in [6, 6.07) is 23.1. The van der Waals surface area contributed by atoms with Crippen molar-refractivity contribution in [1.82, 2.24) is 0 Å². The number of ether oxygens (including phenoxy) is 3. The second-order valence-electron chi connectivity index (χ2n) is 24.8. The Morgan fingerprint density at radius 2 is 0.656 bits per heavy atom. The predicted molar refractivity (Wildman–Crippen MR) is 363 cm³/mol. The molecule has 3 rings (SSSR count). The summed E-state index contributed by atoms with van der Waals surface area (Å²) in [5.41, 5.74) is -6.65. The summed E-state index contributed by atoms with van der Waals surface area (Å²) >= 11 is 0. The number of Topliss-reactive ketones (excluding diaryl/α,β-unsaturated/α-hetero) is 3. The van der Waals surface area contributed by atoms with E-state index in [2.05, 4.69) is 45.1 Å². The van der Waals surface area contributed by atoms with Gasteiger partial charge in [0.15, 0.2) is 0 Å². The van der Waals surface area contributed by atoms with E-state index >= 15 is 14.4 Å². The number of carbonyl (C=O) groups excluding carboxylic acids is 6. The van der Waals surface area contributed by atoms with Crippen molar-refractivity contribution in [3.8, 4) is 0 Å². The van der Waals surface area contributed by atoms with Gasteiger partial charge >= 0.3 is 17.9 Å². The van der Waals surface area contributed by atoms with Crippen molar-refractivity contribution >= 4 is 35.3 Å². The summed E-state index contributed by atoms with van der Waals surface area (Å²) in [6.45, 7) is 5.40. The van der Waals surface area contributed by atoms with Crippen molar-refractivity contribution in [3.63, 3.8) is 0 Å². The van der Waals surface area contributed by atoms with Crippen LogP contribution in [0.3, 0.4) is 0 Å². The van der Waals surface area contributed by atoms with Crippen LogP contribution in [0.2, 0.25) is 0 Å². The monoisotopic (exact) mass is 1240 g/mol. The molecule has 0 aliphatic carbocycles. The molecule has 500 valence electrons. The van der Waals surface area contributed by atoms with Gasteiger partial charge in [-0.3, -0.25) is 28.8 Å². The summed E-state index contributed by atoms with van der Waals surface area (Å²) in [6.07, 6.45) is 42.3. The van der Waals surface area contributed by atoms with Crippen LogP contribution in [0.5, 0.6) is 0 Å². The maximum Gasteiger partial charge on any atom is 0.307 e. The number of carbonyl (C=O) groups is 6. The largest absolute Gasteiger partial charge is 0.461 e. The Morgan fingerprint density at radius 1 is 0.356 bits per heavy atom. The van der Waals surface area contributed by atoms with E-state index in [0.717, 1.165) is 148 Å². The van der Waals surface area contributed by atoms with Gasteiger partial charge in [-0.15, -0.1) is 0 Å². The third-order valence-electron chi connectivity index (χ3n) is 16.8. The van der Waals surface area contributed by atoms with Crippen LogP contribution in [-0.2, 0) is 28.6 Å². The average molecular weight is 1250 g/mol. The molecule has 0 amide bonds. The molecule has 0 saturated heterocycles. The number of benzene rings is 3. The molecule has 0 heterocycles. The molecule has 0 aromatic heterocycles. The Hall–Kier alpha value is -5.82. The summed E-state index contributed by atoms with van der Waals surface area (Å²) < 4.78 is 19.1. The van der Waals surface area contributed by atoms with Crippen molar-refractivity contribution in [2.45, 2.75) is 301 Å². The molecule has 3 aromatic rings. The second kappa shape index (κ2) is 49.8. The zero-order valence-corrected chi connectivity index (χ0v) is 55.7. The SMILES string of the molecule is CCCCCC[C@@H](O)CC=CCCCCCCCC(=O)OCC(OC(=O)CCCCCCCC=CC[C@H](O)CCCCCC)(C(=O)c1ccccc1)C(OC(=O)CCCCCCCC=CC[C@H](O)CCCCCC)(C(=O)c1ccccc1)C(=O)c1ccccc1. The van der Waals surface area contributed by atoms with Crippen LogP contribution in [0.4, 0.5) is 0 Å². The molecule has 3 aromatic carbocycles. The number of hydrogen-bond acceptors (Lipinski definition) is 12. The molecule has 4 atom stereocenters. The lowest BCUT2D eigenvalue weighted by molar-refractivity contribution is -0.194. The van der Waals surface area contributed by atoms with Crippen molar-refractivity contribution in [1.29, 1.82) is 0 Å². The molecule has 0 fully saturated rings. The Labute approximate surface area is 542 Å². The lowest BCUT2D eigenvalue weighted by atomic mass is 9.69. The molecule has 0 bridgehead atoms. The quantitative estimate of drug-likeness (QED) is 0.0121. The molecule has 0 radical (unpaired) electrons. The maximum atomic E-state index is 16.0. The first kappa shape index (κ1) is 78.4. The van der Waals surface area contributed by atoms with Gasteiger partial charge in [-0.25, -0.2) is 0 Å². The fourth-order valence-corrected chi connectivity index (χ4v) is 11.3. The summed E-state index contributed by atoms with van der Waals surface area (Å²) in [4.78, 5) is 91.7. The van der Waals surface area contributed by atoms with Crippen LogP contribution in [0, 0.1) is 0 Å². The third-order valence-corrected chi connectivity index (χ3v) is 16.8. The second-order valence-corrected chi connectivity index (χ2v) is 24.8. The molecule has 90 heavy (non-hydrogen) atoms. The Bertz CT molecular complexity index is 2420. The van der Waals surface area contributed by atoms with Crippen LogP contribution in [0.15, 0.2) is 127 Å². The summed E-state index contributed by atoms with van der Waals surface area (Å²) in [7, 11) is 0. The van der Waals surface area contributed by atoms with Gasteiger partial charge in [0, 0.05) is 36.0 Å². The topological polar surface area (TPSA) is 191 Å². The standard InChI is InChI=1S/C78H116O12/c1-4-7-10-40-55-68(79)58-43-25-19-13-16-22-28-46-61-71(82)88-64-77(74(85)65-49-34-31-35-50-65,89-72(83)62-47-29-23-17-14-20-26-44-59-69(80)56-41-11-8-5-2)78(75(86)66-51-36-32-37-52-66,76(87)67-53-38-33-39-54-67)90-73(84)63-48-30-24-18-15-21-27-45-60-70(81)57-42-12-9-6-3/h25-27,31-39,43-45,49-54,68-70,79-81H,4-24,28-30,40-42,46-48,55-64H2,1-3H3/t68-,69-,70-,77?/m1/s1. The van der Waals surface area contributed by atoms with Crippen molar-refractivity contribution < 1.29 is 58.3 Å². The van der Waals surface area contributed by atoms with Crippen molar-refractivity contribution in [2.75, 3.05) is 6.61 Å². The van der Waals surface area contributed by atoms with E-state index in [-0.39, 0.29) is 54.3 Å². The molecule has 0 aliphatic rings. The summed E-state index contributed by atoms with van der Waals surface area (Å²) in [5, 5.41) is 31.1. The van der Waals surface area contributed by atoms with Gasteiger partial charge in [0.25, 0.3) is 11.2 Å². The molecular weight excluding hydrogens is 1130 g/mol. The van der Waals surface area contributed by atoms with Gasteiger partial charge < -0.3 is 29.5 Å². The molecule has 0 saturated carbocycles. The highest BCUT2D eigenvalue weighted by atomic mass is 16.6. The first-order valence-corrected chi connectivity index (χ1v) is 35.2. The number of unbranched alkanes of at least 4 members (excludes halogenated alkanes) is 24. The minimum atomic E-state index is -3.26. The van der Waals surface area contributed by atoms with Crippen molar-refractivity contribution in [2.24, 2.45) is 0 Å². The molecule has 3 N–H and O–H groups in total. The minimum Gasteiger partial charge on any atom is -0.461 e. The summed E-state index contributed by atoms with van der Waals surface area (Å²) in [5.74, 6) is -6.00. The molecular formula is C78H116O12. The number of allylic oxidation sites excluding steroid dienone is 3. The first-order chi connectivity index (χ1) is 43.8. The Morgan fingerprint density at radius 3 is 1.01 bits per heavy atom. The van der Waals surface area contributed by atoms with Crippen LogP contribution in [0.25, 0.3) is 0 Å². The number of aliphatic hydroxyl groups is 3. The smallest absolute Gasteiger partial charge is 0.307 e. The van der Waals surface area contributed by atoms with Gasteiger partial charge in [0.2, 0.25) is 17.3 Å². The molecule has 12 heteroatoms. The first-order valence-electron chi connectivity index (χ1n) is 35.2. The zero-order valence-electron chi connectivity index (χ0n) is 55.7. The number of esters is 3. The van der Waals surface area contributed by atoms with Gasteiger partial charge in [0.05, 0.1) is 18.3 Å². The van der Waals surface area contributed by atoms with E-state index in [0.29, 0.717) is 57.8 Å². The Balaban J connectivity index is 1.95. The van der Waals surface area contributed by atoms with E-state index in [1.165, 1.54) is 62.1 Å². The molecule has 1 unspecified atom stereocenters. The third kappa shape index (κ3) is 32.0. The fraction of sp³-hybridized carbons (Fsp3) is 0.615. The van der Waals surface area contributed by atoms with E-state index in [9.17, 15) is 29.7 Å². The van der Waals surface area contributed by atoms with E-state index in [4.69, 9.17) is 14.2 Å². The highest BCUT2D eigenvalue weighted by Crippen LogP contribution is 2.42. The van der Waals surface area contributed by atoms with Crippen LogP contribution in [-0.4, -0.2) is 86.7 Å². The lowest BCUT2D eigenvalue weighted by Gasteiger charge is -2.44. The van der Waals surface area contributed by atoms with Gasteiger partial charge in [-0.05, 0) is 96.3 Å². The molecule has 0 aliphatic heterocycles. The minimum absolute atomic E-state index is 0.0822. The molecule has 12 nitrogen and oxygen atoms in total. The number of hydrogen-bond donors (Lipinski definition) is 3. The lowest BCUT2D eigenvalue weighted by Crippen LogP contribution is -2.73. The van der Waals surface area contributed by atoms with Crippen LogP contribution in [0.1, 0.15) is 302 Å². The average Bonchev–Trinajstić information content (AvgIpc) is 0.714. The number of ketones is 3. The number of aliphatic hydroxyl groups excluding tert-OH is 3. The number of rotatable bonds is 56. The van der Waals surface area contributed by atoms with E-state index < -0.39 is 53.1 Å². The van der Waals surface area contributed by atoms with Gasteiger partial charge in [-0.1, -0.05) is 283 Å². The van der Waals surface area contributed by atoms with E-state index in [1.807, 2.05) is 12.2 Å². The molecule has 0 spiro atoms. The van der Waals surface area contributed by atoms with Crippen LogP contribution < -0.4 is 0 Å². The van der Waals surface area contributed by atoms with Gasteiger partial charge in [0.1, 0.15) is 6.61 Å². The van der Waals surface area contributed by atoms with Crippen LogP contribution >= 0.6 is 0 Å². The fourth-order valence-electron chi connectivity index (χ4n) is 11.3.